The van der Waals surface area contributed by atoms with Crippen molar-refractivity contribution in [1.82, 2.24) is 10.3 Å². The highest BCUT2D eigenvalue weighted by atomic mass is 32.1. The molecule has 5 heteroatoms. The predicted octanol–water partition coefficient (Wildman–Crippen LogP) is 3.40. The van der Waals surface area contributed by atoms with E-state index in [1.54, 1.807) is 12.4 Å². The van der Waals surface area contributed by atoms with Gasteiger partial charge in [0.15, 0.2) is 5.11 Å². The minimum atomic E-state index is 0.637. The Balaban J connectivity index is 1.65. The molecule has 4 nitrogen and oxygen atoms in total. The largest absolute Gasteiger partial charge is 0.494 e. The molecule has 0 saturated carbocycles. The minimum absolute atomic E-state index is 0.637. The summed E-state index contributed by atoms with van der Waals surface area (Å²) in [5.74, 6) is 0.923. The maximum absolute atomic E-state index is 5.43. The number of hydrogen-bond acceptors (Lipinski definition) is 3. The lowest BCUT2D eigenvalue weighted by atomic mass is 10.1. The van der Waals surface area contributed by atoms with Gasteiger partial charge in [0, 0.05) is 24.6 Å². The van der Waals surface area contributed by atoms with Gasteiger partial charge in [0.2, 0.25) is 0 Å². The number of ether oxygens (including phenoxy) is 1. The van der Waals surface area contributed by atoms with E-state index in [0.29, 0.717) is 11.7 Å². The average molecular weight is 315 g/mol. The Morgan fingerprint density at radius 1 is 1.14 bits per heavy atom. The van der Waals surface area contributed by atoms with E-state index in [1.165, 1.54) is 5.56 Å². The van der Waals surface area contributed by atoms with Crippen molar-refractivity contribution in [2.24, 2.45) is 0 Å². The fourth-order valence-corrected chi connectivity index (χ4v) is 2.24. The van der Waals surface area contributed by atoms with Gasteiger partial charge in [-0.2, -0.15) is 0 Å². The Bertz CT molecular complexity index is 572. The lowest BCUT2D eigenvalue weighted by Crippen LogP contribution is -2.29. The highest BCUT2D eigenvalue weighted by Gasteiger charge is 1.98. The summed E-state index contributed by atoms with van der Waals surface area (Å²) in [6, 6.07) is 12.0. The number of nitrogens with zero attached hydrogens (tertiary/aromatic N) is 1. The van der Waals surface area contributed by atoms with Crippen molar-refractivity contribution in [2.45, 2.75) is 19.8 Å². The molecule has 22 heavy (non-hydrogen) atoms. The monoisotopic (exact) mass is 315 g/mol. The van der Waals surface area contributed by atoms with E-state index in [1.807, 2.05) is 31.2 Å². The van der Waals surface area contributed by atoms with E-state index in [4.69, 9.17) is 17.0 Å². The Kier molecular flexibility index (Phi) is 6.64. The molecule has 0 saturated heterocycles. The number of anilines is 1. The molecule has 116 valence electrons. The van der Waals surface area contributed by atoms with Crippen LogP contribution in [0.5, 0.6) is 5.75 Å². The molecule has 1 heterocycles. The Morgan fingerprint density at radius 3 is 2.55 bits per heavy atom. The zero-order chi connectivity index (χ0) is 15.6. The van der Waals surface area contributed by atoms with Gasteiger partial charge in [0.25, 0.3) is 0 Å². The van der Waals surface area contributed by atoms with Crippen LogP contribution >= 0.6 is 12.2 Å². The molecular formula is C17H21N3OS. The molecular weight excluding hydrogens is 294 g/mol. The Labute approximate surface area is 136 Å². The Morgan fingerprint density at radius 2 is 1.86 bits per heavy atom. The summed E-state index contributed by atoms with van der Waals surface area (Å²) in [6.07, 6.45) is 5.50. The summed E-state index contributed by atoms with van der Waals surface area (Å²) in [7, 11) is 0. The van der Waals surface area contributed by atoms with Gasteiger partial charge in [-0.3, -0.25) is 4.98 Å². The summed E-state index contributed by atoms with van der Waals surface area (Å²) in [4.78, 5) is 3.97. The Hall–Kier alpha value is -2.14. The third kappa shape index (κ3) is 5.69. The molecule has 0 aliphatic heterocycles. The molecule has 2 aromatic rings. The standard InChI is InChI=1S/C17H21N3OS/c1-2-21-16-7-5-14(6-8-16)4-3-11-19-17(22)20-15-9-12-18-13-10-15/h5-10,12-13H,2-4,11H2,1H3,(H2,18,19,20,22). The van der Waals surface area contributed by atoms with Crippen molar-refractivity contribution >= 4 is 23.0 Å². The molecule has 1 aromatic heterocycles. The maximum atomic E-state index is 5.43. The second-order valence-corrected chi connectivity index (χ2v) is 5.21. The molecule has 2 rings (SSSR count). The van der Waals surface area contributed by atoms with Crippen LogP contribution in [0.25, 0.3) is 0 Å². The number of nitrogens with one attached hydrogen (secondary N) is 2. The van der Waals surface area contributed by atoms with Gasteiger partial charge in [-0.05, 0) is 61.8 Å². The number of pyridine rings is 1. The van der Waals surface area contributed by atoms with Crippen molar-refractivity contribution in [1.29, 1.82) is 0 Å². The fourth-order valence-electron chi connectivity index (χ4n) is 2.02. The number of thiocarbonyl (C=S) groups is 1. The smallest absolute Gasteiger partial charge is 0.170 e. The quantitative estimate of drug-likeness (QED) is 0.606. The first-order chi connectivity index (χ1) is 10.8. The van der Waals surface area contributed by atoms with Crippen LogP contribution in [0, 0.1) is 0 Å². The topological polar surface area (TPSA) is 46.2 Å². The zero-order valence-electron chi connectivity index (χ0n) is 12.7. The molecule has 0 fully saturated rings. The molecule has 0 spiro atoms. The third-order valence-electron chi connectivity index (χ3n) is 3.10. The molecule has 1 aromatic carbocycles. The second-order valence-electron chi connectivity index (χ2n) is 4.80. The van der Waals surface area contributed by atoms with Gasteiger partial charge >= 0.3 is 0 Å². The average Bonchev–Trinajstić information content (AvgIpc) is 2.54. The van der Waals surface area contributed by atoms with Gasteiger partial charge in [0.05, 0.1) is 6.61 Å². The number of hydrogen-bond donors (Lipinski definition) is 2. The summed E-state index contributed by atoms with van der Waals surface area (Å²) in [5, 5.41) is 6.97. The maximum Gasteiger partial charge on any atom is 0.170 e. The first kappa shape index (κ1) is 16.2. The zero-order valence-corrected chi connectivity index (χ0v) is 13.5. The molecule has 0 aliphatic carbocycles. The lowest BCUT2D eigenvalue weighted by Gasteiger charge is -2.10. The molecule has 0 unspecified atom stereocenters. The van der Waals surface area contributed by atoms with Gasteiger partial charge < -0.3 is 15.4 Å². The van der Waals surface area contributed by atoms with Gasteiger partial charge in [0.1, 0.15) is 5.75 Å². The third-order valence-corrected chi connectivity index (χ3v) is 3.35. The number of aryl methyl sites for hydroxylation is 1. The van der Waals surface area contributed by atoms with Crippen LogP contribution in [0.1, 0.15) is 18.9 Å². The van der Waals surface area contributed by atoms with Crippen LogP contribution in [0.2, 0.25) is 0 Å². The summed E-state index contributed by atoms with van der Waals surface area (Å²) in [6.45, 7) is 3.53. The van der Waals surface area contributed by atoms with Crippen molar-refractivity contribution in [3.8, 4) is 5.75 Å². The van der Waals surface area contributed by atoms with Gasteiger partial charge in [-0.15, -0.1) is 0 Å². The molecule has 0 aliphatic rings. The van der Waals surface area contributed by atoms with E-state index in [2.05, 4.69) is 27.8 Å². The van der Waals surface area contributed by atoms with Crippen LogP contribution < -0.4 is 15.4 Å². The van der Waals surface area contributed by atoms with Crippen LogP contribution in [-0.2, 0) is 6.42 Å². The van der Waals surface area contributed by atoms with Crippen molar-refractivity contribution in [2.75, 3.05) is 18.5 Å². The molecule has 0 amide bonds. The van der Waals surface area contributed by atoms with Crippen LogP contribution in [0.3, 0.4) is 0 Å². The highest BCUT2D eigenvalue weighted by Crippen LogP contribution is 2.13. The van der Waals surface area contributed by atoms with E-state index in [-0.39, 0.29) is 0 Å². The van der Waals surface area contributed by atoms with Crippen molar-refractivity contribution in [3.05, 3.63) is 54.4 Å². The SMILES string of the molecule is CCOc1ccc(CCCNC(=S)Nc2ccncc2)cc1. The number of aromatic nitrogens is 1. The van der Waals surface area contributed by atoms with Crippen LogP contribution in [0.4, 0.5) is 5.69 Å². The first-order valence-corrected chi connectivity index (χ1v) is 7.85. The summed E-state index contributed by atoms with van der Waals surface area (Å²) < 4.78 is 5.43. The second kappa shape index (κ2) is 9.00. The van der Waals surface area contributed by atoms with Crippen LogP contribution in [0.15, 0.2) is 48.8 Å². The van der Waals surface area contributed by atoms with Gasteiger partial charge in [-0.25, -0.2) is 0 Å². The summed E-state index contributed by atoms with van der Waals surface area (Å²) in [5.41, 5.74) is 2.25. The minimum Gasteiger partial charge on any atom is -0.494 e. The predicted molar refractivity (Wildman–Crippen MR) is 94.4 cm³/mol. The highest BCUT2D eigenvalue weighted by molar-refractivity contribution is 7.80. The summed E-state index contributed by atoms with van der Waals surface area (Å²) >= 11 is 5.25. The first-order valence-electron chi connectivity index (χ1n) is 7.44. The normalized spacial score (nSPS) is 10.0. The van der Waals surface area contributed by atoms with Crippen LogP contribution in [-0.4, -0.2) is 23.2 Å². The van der Waals surface area contributed by atoms with E-state index >= 15 is 0 Å². The van der Waals surface area contributed by atoms with Crippen molar-refractivity contribution < 1.29 is 4.74 Å². The van der Waals surface area contributed by atoms with E-state index < -0.39 is 0 Å². The van der Waals surface area contributed by atoms with Gasteiger partial charge in [-0.1, -0.05) is 12.1 Å². The molecule has 0 atom stereocenters. The van der Waals surface area contributed by atoms with E-state index in [9.17, 15) is 0 Å². The molecule has 0 radical (unpaired) electrons. The van der Waals surface area contributed by atoms with E-state index in [0.717, 1.165) is 30.8 Å². The van der Waals surface area contributed by atoms with Crippen molar-refractivity contribution in [3.63, 3.8) is 0 Å². The number of rotatable bonds is 7. The molecule has 2 N–H and O–H groups in total. The molecule has 0 bridgehead atoms. The lowest BCUT2D eigenvalue weighted by molar-refractivity contribution is 0.340. The fraction of sp³-hybridized carbons (Fsp3) is 0.294. The number of benzene rings is 1.